The van der Waals surface area contributed by atoms with Crippen LogP contribution >= 0.6 is 11.3 Å². The van der Waals surface area contributed by atoms with Gasteiger partial charge >= 0.3 is 0 Å². The topological polar surface area (TPSA) is 105 Å². The van der Waals surface area contributed by atoms with Crippen molar-refractivity contribution >= 4 is 38.2 Å². The van der Waals surface area contributed by atoms with Gasteiger partial charge in [0.05, 0.1) is 16.2 Å². The number of hydrogen-bond acceptors (Lipinski definition) is 7. The lowest BCUT2D eigenvalue weighted by Crippen LogP contribution is -2.30. The van der Waals surface area contributed by atoms with E-state index < -0.39 is 15.9 Å². The minimum atomic E-state index is -3.61. The average Bonchev–Trinajstić information content (AvgIpc) is 3.46. The second-order valence-corrected chi connectivity index (χ2v) is 13.3. The molecule has 0 saturated carbocycles. The van der Waals surface area contributed by atoms with Crippen LogP contribution in [0.2, 0.25) is 0 Å². The third kappa shape index (κ3) is 5.50. The highest BCUT2D eigenvalue weighted by molar-refractivity contribution is 7.89. The van der Waals surface area contributed by atoms with E-state index in [4.69, 9.17) is 0 Å². The van der Waals surface area contributed by atoms with Crippen molar-refractivity contribution in [2.24, 2.45) is 0 Å². The molecule has 0 aliphatic carbocycles. The lowest BCUT2D eigenvalue weighted by molar-refractivity contribution is 0.0942. The van der Waals surface area contributed by atoms with Crippen LogP contribution in [-0.2, 0) is 29.5 Å². The quantitative estimate of drug-likeness (QED) is 0.351. The minimum absolute atomic E-state index is 0.0968. The van der Waals surface area contributed by atoms with Crippen molar-refractivity contribution < 1.29 is 18.0 Å². The first-order valence-corrected chi connectivity index (χ1v) is 15.1. The number of benzene rings is 2. The van der Waals surface area contributed by atoms with Crippen LogP contribution in [0.1, 0.15) is 48.1 Å². The van der Waals surface area contributed by atoms with Crippen molar-refractivity contribution in [1.29, 1.82) is 0 Å². The molecule has 1 amide bonds. The van der Waals surface area contributed by atoms with Crippen molar-refractivity contribution in [1.82, 2.24) is 19.0 Å². The number of rotatable bonds is 7. The van der Waals surface area contributed by atoms with Gasteiger partial charge in [-0.25, -0.2) is 17.4 Å². The molecule has 0 spiro atoms. The van der Waals surface area contributed by atoms with Gasteiger partial charge in [-0.1, -0.05) is 30.3 Å². The number of amides is 1. The second kappa shape index (κ2) is 11.1. The van der Waals surface area contributed by atoms with Crippen molar-refractivity contribution in [3.05, 3.63) is 99.2 Å². The van der Waals surface area contributed by atoms with E-state index in [1.807, 2.05) is 38.1 Å². The number of hydrogen-bond donors (Lipinski definition) is 1. The van der Waals surface area contributed by atoms with Gasteiger partial charge in [0.1, 0.15) is 5.00 Å². The third-order valence-electron chi connectivity index (χ3n) is 6.92. The second-order valence-electron chi connectivity index (χ2n) is 10.1. The van der Waals surface area contributed by atoms with Crippen molar-refractivity contribution in [2.75, 3.05) is 26.0 Å². The molecule has 0 atom stereocenters. The maximum absolute atomic E-state index is 13.8. The van der Waals surface area contributed by atoms with Gasteiger partial charge < -0.3 is 5.32 Å². The van der Waals surface area contributed by atoms with E-state index in [0.29, 0.717) is 29.1 Å². The van der Waals surface area contributed by atoms with Gasteiger partial charge in [-0.15, -0.1) is 11.3 Å². The normalized spacial score (nSPS) is 13.8. The fourth-order valence-corrected chi connectivity index (χ4v) is 7.03. The van der Waals surface area contributed by atoms with Crippen LogP contribution in [0.3, 0.4) is 0 Å². The molecule has 0 radical (unpaired) electrons. The Bertz CT molecular complexity index is 1670. The molecule has 5 rings (SSSR count). The first-order chi connectivity index (χ1) is 19.0. The first-order valence-electron chi connectivity index (χ1n) is 12.9. The molecular formula is C29H31N5O4S2. The summed E-state index contributed by atoms with van der Waals surface area (Å²) >= 11 is 1.41. The number of anilines is 1. The van der Waals surface area contributed by atoms with Crippen LogP contribution in [0.5, 0.6) is 0 Å². The summed E-state index contributed by atoms with van der Waals surface area (Å²) in [7, 11) is -0.704. The molecule has 2 aromatic carbocycles. The fraction of sp³-hybridized carbons (Fsp3) is 0.276. The summed E-state index contributed by atoms with van der Waals surface area (Å²) in [5, 5.41) is 7.82. The Kier molecular flexibility index (Phi) is 7.74. The summed E-state index contributed by atoms with van der Waals surface area (Å²) in [6.07, 6.45) is 0.673. The summed E-state index contributed by atoms with van der Waals surface area (Å²) < 4.78 is 27.4. The Morgan fingerprint density at radius 3 is 2.38 bits per heavy atom. The molecule has 1 N–H and O–H groups in total. The predicted octanol–water partition coefficient (Wildman–Crippen LogP) is 4.31. The molecule has 1 aliphatic rings. The lowest BCUT2D eigenvalue weighted by atomic mass is 10.0. The van der Waals surface area contributed by atoms with Gasteiger partial charge in [0.15, 0.2) is 0 Å². The third-order valence-corrected chi connectivity index (χ3v) is 9.88. The number of fused-ring (bicyclic) bond motifs is 1. The van der Waals surface area contributed by atoms with Crippen LogP contribution in [0.4, 0.5) is 5.00 Å². The van der Waals surface area contributed by atoms with Crippen LogP contribution in [0.25, 0.3) is 0 Å². The van der Waals surface area contributed by atoms with E-state index in [9.17, 15) is 18.0 Å². The minimum Gasteiger partial charge on any atom is -0.313 e. The summed E-state index contributed by atoms with van der Waals surface area (Å²) in [6.45, 7) is 5.91. The highest BCUT2D eigenvalue weighted by Crippen LogP contribution is 2.38. The average molecular weight is 578 g/mol. The smallest absolute Gasteiger partial charge is 0.281 e. The Morgan fingerprint density at radius 2 is 1.75 bits per heavy atom. The number of aryl methyl sites for hydroxylation is 2. The van der Waals surface area contributed by atoms with E-state index in [0.717, 1.165) is 39.2 Å². The molecule has 0 saturated heterocycles. The van der Waals surface area contributed by atoms with Crippen molar-refractivity contribution in [2.45, 2.75) is 38.3 Å². The number of nitrogens with zero attached hydrogens (tertiary/aromatic N) is 4. The highest BCUT2D eigenvalue weighted by atomic mass is 32.2. The van der Waals surface area contributed by atoms with Gasteiger partial charge in [-0.05, 0) is 61.7 Å². The number of nitrogens with one attached hydrogen (secondary N) is 1. The Hall–Kier alpha value is -3.64. The highest BCUT2D eigenvalue weighted by Gasteiger charge is 2.31. The molecule has 2 aromatic heterocycles. The maximum Gasteiger partial charge on any atom is 0.281 e. The van der Waals surface area contributed by atoms with Gasteiger partial charge in [0.25, 0.3) is 11.8 Å². The van der Waals surface area contributed by atoms with Crippen molar-refractivity contribution in [3.8, 4) is 0 Å². The van der Waals surface area contributed by atoms with E-state index in [-0.39, 0.29) is 10.8 Å². The molecule has 0 unspecified atom stereocenters. The van der Waals surface area contributed by atoms with E-state index in [1.54, 1.807) is 0 Å². The summed E-state index contributed by atoms with van der Waals surface area (Å²) in [5.41, 5.74) is 4.37. The molecule has 208 valence electrons. The standard InChI is InChI=1S/C29H31N5O4S2/c1-19-16-20(2)34(31-19)29(36)26-24-14-15-33(17-21-8-6-5-7-9-21)18-25(24)39-28(26)30-27(35)22-10-12-23(13-11-22)40(37,38)32(3)4/h5-13,16H,14-15,17-18H2,1-4H3,(H,30,35). The Balaban J connectivity index is 1.46. The fourth-order valence-electron chi connectivity index (χ4n) is 4.85. The largest absolute Gasteiger partial charge is 0.313 e. The zero-order chi connectivity index (χ0) is 28.6. The molecule has 40 heavy (non-hydrogen) atoms. The maximum atomic E-state index is 13.8. The molecule has 4 aromatic rings. The number of thiophene rings is 1. The van der Waals surface area contributed by atoms with Crippen LogP contribution in [0.15, 0.2) is 65.6 Å². The van der Waals surface area contributed by atoms with Crippen LogP contribution < -0.4 is 5.32 Å². The lowest BCUT2D eigenvalue weighted by Gasteiger charge is -2.27. The van der Waals surface area contributed by atoms with Crippen molar-refractivity contribution in [3.63, 3.8) is 0 Å². The SMILES string of the molecule is Cc1cc(C)n(C(=O)c2c(NC(=O)c3ccc(S(=O)(=O)N(C)C)cc3)sc3c2CCN(Cc2ccccc2)C3)n1. The van der Waals surface area contributed by atoms with Gasteiger partial charge in [-0.3, -0.25) is 14.5 Å². The molecule has 0 bridgehead atoms. The molecule has 9 nitrogen and oxygen atoms in total. The van der Waals surface area contributed by atoms with Crippen LogP contribution in [0, 0.1) is 13.8 Å². The van der Waals surface area contributed by atoms with E-state index in [2.05, 4.69) is 27.4 Å². The Morgan fingerprint density at radius 1 is 1.05 bits per heavy atom. The molecule has 3 heterocycles. The first kappa shape index (κ1) is 27.9. The summed E-state index contributed by atoms with van der Waals surface area (Å²) in [6, 6.07) is 17.9. The Labute approximate surface area is 238 Å². The monoisotopic (exact) mass is 577 g/mol. The van der Waals surface area contributed by atoms with Gasteiger partial charge in [-0.2, -0.15) is 5.10 Å². The van der Waals surface area contributed by atoms with Gasteiger partial charge in [0.2, 0.25) is 10.0 Å². The zero-order valence-electron chi connectivity index (χ0n) is 22.8. The molecule has 1 aliphatic heterocycles. The van der Waals surface area contributed by atoms with Gasteiger partial charge in [0, 0.05) is 49.9 Å². The number of sulfonamides is 1. The molecule has 11 heteroatoms. The molecular weight excluding hydrogens is 546 g/mol. The zero-order valence-corrected chi connectivity index (χ0v) is 24.5. The number of carbonyl (C=O) groups excluding carboxylic acids is 2. The predicted molar refractivity (Wildman–Crippen MR) is 155 cm³/mol. The molecule has 0 fully saturated rings. The van der Waals surface area contributed by atoms with E-state index in [1.165, 1.54) is 59.9 Å². The van der Waals surface area contributed by atoms with Crippen LogP contribution in [-0.4, -0.2) is 59.9 Å². The number of carbonyl (C=O) groups is 2. The summed E-state index contributed by atoms with van der Waals surface area (Å²) in [4.78, 5) is 30.6. The van der Waals surface area contributed by atoms with E-state index >= 15 is 0 Å². The summed E-state index contributed by atoms with van der Waals surface area (Å²) in [5.74, 6) is -0.696. The number of aromatic nitrogens is 2.